The fourth-order valence-electron chi connectivity index (χ4n) is 4.24. The normalized spacial score (nSPS) is 23.8. The van der Waals surface area contributed by atoms with Crippen molar-refractivity contribution < 1.29 is 28.5 Å². The van der Waals surface area contributed by atoms with E-state index in [2.05, 4.69) is 6.58 Å². The van der Waals surface area contributed by atoms with E-state index in [1.165, 1.54) is 6.92 Å². The Balaban J connectivity index is 2.28. The van der Waals surface area contributed by atoms with Crippen molar-refractivity contribution in [2.24, 2.45) is 0 Å². The van der Waals surface area contributed by atoms with Crippen molar-refractivity contribution in [2.45, 2.75) is 104 Å². The summed E-state index contributed by atoms with van der Waals surface area (Å²) >= 11 is 0. The van der Waals surface area contributed by atoms with E-state index in [0.29, 0.717) is 19.4 Å². The van der Waals surface area contributed by atoms with Gasteiger partial charge in [0.2, 0.25) is 0 Å². The third kappa shape index (κ3) is 7.86. The summed E-state index contributed by atoms with van der Waals surface area (Å²) in [5.41, 5.74) is 1.03. The number of benzene rings is 1. The van der Waals surface area contributed by atoms with Crippen LogP contribution in [0.4, 0.5) is 4.79 Å². The number of hydrogen-bond donors (Lipinski definition) is 0. The van der Waals surface area contributed by atoms with Gasteiger partial charge in [0.1, 0.15) is 12.2 Å². The summed E-state index contributed by atoms with van der Waals surface area (Å²) in [7, 11) is 0. The standard InChI is InChI=1S/C26H39NO6/c1-8-12-22-15-23(31-20(7)28)25(33-26(29)27(17(2)3)18(4)5)24(32-22)19(6)30-16-21-13-10-9-11-14-21/h8-11,13-14,17-19,22-25H,1,12,15-16H2,2-7H3/t19-,22+,23-,24+,25-/m0/s1. The lowest BCUT2D eigenvalue weighted by Crippen LogP contribution is -2.57. The van der Waals surface area contributed by atoms with E-state index in [4.69, 9.17) is 18.9 Å². The lowest BCUT2D eigenvalue weighted by atomic mass is 9.93. The van der Waals surface area contributed by atoms with Crippen LogP contribution in [0.3, 0.4) is 0 Å². The molecule has 1 aliphatic rings. The van der Waals surface area contributed by atoms with Crippen LogP contribution in [0.2, 0.25) is 0 Å². The van der Waals surface area contributed by atoms with Gasteiger partial charge in [0.15, 0.2) is 6.10 Å². The highest BCUT2D eigenvalue weighted by Gasteiger charge is 2.46. The second-order valence-electron chi connectivity index (χ2n) is 9.08. The minimum absolute atomic E-state index is 0.0482. The molecule has 1 saturated heterocycles. The first-order valence-corrected chi connectivity index (χ1v) is 11.7. The second-order valence-corrected chi connectivity index (χ2v) is 9.08. The average Bonchev–Trinajstić information content (AvgIpc) is 2.73. The number of hydrogen-bond acceptors (Lipinski definition) is 6. The molecule has 1 aromatic rings. The van der Waals surface area contributed by atoms with E-state index in [1.54, 1.807) is 11.0 Å². The minimum Gasteiger partial charge on any atom is -0.458 e. The largest absolute Gasteiger partial charge is 0.458 e. The maximum atomic E-state index is 13.1. The Labute approximate surface area is 198 Å². The quantitative estimate of drug-likeness (QED) is 0.365. The molecule has 184 valence electrons. The minimum atomic E-state index is -0.798. The number of carbonyl (C=O) groups is 2. The van der Waals surface area contributed by atoms with Gasteiger partial charge >= 0.3 is 12.1 Å². The number of ether oxygens (including phenoxy) is 4. The van der Waals surface area contributed by atoms with Crippen LogP contribution in [0.5, 0.6) is 0 Å². The molecule has 1 aromatic carbocycles. The first-order chi connectivity index (χ1) is 15.6. The Morgan fingerprint density at radius 2 is 1.76 bits per heavy atom. The monoisotopic (exact) mass is 461 g/mol. The molecule has 0 aromatic heterocycles. The third-order valence-corrected chi connectivity index (χ3v) is 5.66. The molecule has 0 aliphatic carbocycles. The number of amides is 1. The zero-order valence-electron chi connectivity index (χ0n) is 20.7. The summed E-state index contributed by atoms with van der Waals surface area (Å²) < 4.78 is 24.0. The van der Waals surface area contributed by atoms with Crippen LogP contribution in [0.25, 0.3) is 0 Å². The molecule has 0 saturated carbocycles. The molecule has 1 fully saturated rings. The highest BCUT2D eigenvalue weighted by atomic mass is 16.6. The molecule has 0 bridgehead atoms. The average molecular weight is 462 g/mol. The van der Waals surface area contributed by atoms with Crippen LogP contribution in [0, 0.1) is 0 Å². The maximum Gasteiger partial charge on any atom is 0.410 e. The molecule has 7 heteroatoms. The van der Waals surface area contributed by atoms with E-state index in [0.717, 1.165) is 5.56 Å². The van der Waals surface area contributed by atoms with E-state index in [1.807, 2.05) is 65.0 Å². The molecule has 0 N–H and O–H groups in total. The van der Waals surface area contributed by atoms with Gasteiger partial charge in [0, 0.05) is 25.4 Å². The van der Waals surface area contributed by atoms with Crippen molar-refractivity contribution >= 4 is 12.1 Å². The zero-order valence-corrected chi connectivity index (χ0v) is 20.7. The van der Waals surface area contributed by atoms with Gasteiger partial charge < -0.3 is 23.8 Å². The second kappa shape index (κ2) is 12.8. The van der Waals surface area contributed by atoms with Crippen molar-refractivity contribution in [3.63, 3.8) is 0 Å². The summed E-state index contributed by atoms with van der Waals surface area (Å²) in [6, 6.07) is 9.73. The maximum absolute atomic E-state index is 13.1. The number of nitrogens with zero attached hydrogens (tertiary/aromatic N) is 1. The number of esters is 1. The van der Waals surface area contributed by atoms with Gasteiger partial charge in [-0.05, 0) is 46.6 Å². The Morgan fingerprint density at radius 1 is 1.12 bits per heavy atom. The van der Waals surface area contributed by atoms with Crippen molar-refractivity contribution in [2.75, 3.05) is 0 Å². The molecular formula is C26H39NO6. The Kier molecular flexibility index (Phi) is 10.4. The van der Waals surface area contributed by atoms with Gasteiger partial charge in [-0.3, -0.25) is 4.79 Å². The van der Waals surface area contributed by atoms with E-state index >= 15 is 0 Å². The molecule has 0 spiro atoms. The molecule has 1 amide bonds. The first-order valence-electron chi connectivity index (χ1n) is 11.7. The van der Waals surface area contributed by atoms with E-state index in [-0.39, 0.29) is 18.2 Å². The smallest absolute Gasteiger partial charge is 0.410 e. The highest BCUT2D eigenvalue weighted by molar-refractivity contribution is 5.69. The van der Waals surface area contributed by atoms with Crippen molar-refractivity contribution in [3.8, 4) is 0 Å². The summed E-state index contributed by atoms with van der Waals surface area (Å²) in [5.74, 6) is -0.429. The van der Waals surface area contributed by atoms with Crippen LogP contribution < -0.4 is 0 Å². The molecule has 2 rings (SSSR count). The molecule has 0 unspecified atom stereocenters. The topological polar surface area (TPSA) is 74.3 Å². The van der Waals surface area contributed by atoms with Gasteiger partial charge in [-0.1, -0.05) is 36.4 Å². The number of carbonyl (C=O) groups excluding carboxylic acids is 2. The fourth-order valence-corrected chi connectivity index (χ4v) is 4.24. The molecule has 33 heavy (non-hydrogen) atoms. The Bertz CT molecular complexity index is 757. The van der Waals surface area contributed by atoms with Crippen LogP contribution in [0.15, 0.2) is 43.0 Å². The molecule has 1 aliphatic heterocycles. The lowest BCUT2D eigenvalue weighted by Gasteiger charge is -2.43. The van der Waals surface area contributed by atoms with Crippen molar-refractivity contribution in [1.82, 2.24) is 4.90 Å². The predicted molar refractivity (Wildman–Crippen MR) is 127 cm³/mol. The van der Waals surface area contributed by atoms with Crippen LogP contribution in [-0.2, 0) is 30.3 Å². The Hall–Kier alpha value is -2.38. The molecule has 1 heterocycles. The zero-order chi connectivity index (χ0) is 24.5. The lowest BCUT2D eigenvalue weighted by molar-refractivity contribution is -0.217. The van der Waals surface area contributed by atoms with Gasteiger partial charge in [-0.2, -0.15) is 0 Å². The summed E-state index contributed by atoms with van der Waals surface area (Å²) in [4.78, 5) is 26.7. The molecule has 7 nitrogen and oxygen atoms in total. The molecule has 0 radical (unpaired) electrons. The Morgan fingerprint density at radius 3 is 2.30 bits per heavy atom. The summed E-state index contributed by atoms with van der Waals surface area (Å²) in [6.07, 6.45) is -0.379. The van der Waals surface area contributed by atoms with E-state index < -0.39 is 36.5 Å². The van der Waals surface area contributed by atoms with Gasteiger partial charge in [0.05, 0.1) is 18.8 Å². The first kappa shape index (κ1) is 26.9. The van der Waals surface area contributed by atoms with Crippen molar-refractivity contribution in [1.29, 1.82) is 0 Å². The number of rotatable bonds is 10. The van der Waals surface area contributed by atoms with Crippen LogP contribution >= 0.6 is 0 Å². The van der Waals surface area contributed by atoms with Gasteiger partial charge in [0.25, 0.3) is 0 Å². The molecule has 5 atom stereocenters. The molecular weight excluding hydrogens is 422 g/mol. The van der Waals surface area contributed by atoms with Crippen LogP contribution in [-0.4, -0.2) is 59.6 Å². The van der Waals surface area contributed by atoms with E-state index in [9.17, 15) is 9.59 Å². The summed E-state index contributed by atoms with van der Waals surface area (Å²) in [5, 5.41) is 0. The summed E-state index contributed by atoms with van der Waals surface area (Å²) in [6.45, 7) is 15.2. The van der Waals surface area contributed by atoms with Gasteiger partial charge in [-0.25, -0.2) is 4.79 Å². The highest BCUT2D eigenvalue weighted by Crippen LogP contribution is 2.31. The fraction of sp³-hybridized carbons (Fsp3) is 0.615. The van der Waals surface area contributed by atoms with Crippen LogP contribution in [0.1, 0.15) is 59.9 Å². The van der Waals surface area contributed by atoms with Gasteiger partial charge in [-0.15, -0.1) is 6.58 Å². The predicted octanol–water partition coefficient (Wildman–Crippen LogP) is 4.88. The SMILES string of the molecule is C=CC[C@@H]1C[C@H](OC(C)=O)[C@H](OC(=O)N(C(C)C)C(C)C)[C@@H]([C@H](C)OCc2ccccc2)O1. The van der Waals surface area contributed by atoms with Crippen molar-refractivity contribution in [3.05, 3.63) is 48.6 Å². The third-order valence-electron chi connectivity index (χ3n) is 5.66.